The molecule has 2 aromatic heterocycles. The number of hydrogen-bond acceptors (Lipinski definition) is 6. The molecule has 1 amide bonds. The maximum atomic E-state index is 13.5. The van der Waals surface area contributed by atoms with Crippen molar-refractivity contribution in [3.8, 4) is 5.69 Å². The molecule has 1 saturated carbocycles. The van der Waals surface area contributed by atoms with E-state index in [0.29, 0.717) is 25.6 Å². The van der Waals surface area contributed by atoms with Gasteiger partial charge in [-0.25, -0.2) is 9.37 Å². The first kappa shape index (κ1) is 21.0. The molecular weight excluding hydrogens is 446 g/mol. The van der Waals surface area contributed by atoms with Crippen molar-refractivity contribution < 1.29 is 9.18 Å². The fourth-order valence-electron chi connectivity index (χ4n) is 4.06. The summed E-state index contributed by atoms with van der Waals surface area (Å²) in [5.41, 5.74) is 2.38. The summed E-state index contributed by atoms with van der Waals surface area (Å²) in [5.74, 6) is -0.295. The molecule has 2 aromatic carbocycles. The standard InChI is InChI=1S/C22H22FN6OPS/c1-28(21(30)15-5-2-3-7-18(15)29-24-11-12-25-29)31-19-8-4-6-16(19)26-22-27-17-10-9-14(23)13-20(17)32-22/h2-3,5,7,9-13,16,19,31H,4,6,8H2,1H3,(H,26,27)/t16-,19-/m0/s1. The van der Waals surface area contributed by atoms with Crippen LogP contribution in [0.15, 0.2) is 54.9 Å². The maximum absolute atomic E-state index is 13.5. The van der Waals surface area contributed by atoms with E-state index >= 15 is 0 Å². The third kappa shape index (κ3) is 4.23. The number of hydrogen-bond donors (Lipinski definition) is 1. The Morgan fingerprint density at radius 1 is 1.22 bits per heavy atom. The van der Waals surface area contributed by atoms with Crippen LogP contribution in [0, 0.1) is 5.82 Å². The Hall–Kier alpha value is -2.90. The fraction of sp³-hybridized carbons (Fsp3) is 0.273. The molecule has 1 aliphatic rings. The van der Waals surface area contributed by atoms with Gasteiger partial charge >= 0.3 is 0 Å². The molecule has 10 heteroatoms. The lowest BCUT2D eigenvalue weighted by Gasteiger charge is -2.26. The van der Waals surface area contributed by atoms with Gasteiger partial charge in [0.15, 0.2) is 5.13 Å². The van der Waals surface area contributed by atoms with E-state index in [4.69, 9.17) is 0 Å². The number of carbonyl (C=O) groups excluding carboxylic acids is 1. The number of amides is 1. The van der Waals surface area contributed by atoms with E-state index < -0.39 is 0 Å². The van der Waals surface area contributed by atoms with Crippen molar-refractivity contribution in [2.75, 3.05) is 12.4 Å². The van der Waals surface area contributed by atoms with Gasteiger partial charge in [-0.1, -0.05) is 29.9 Å². The van der Waals surface area contributed by atoms with Gasteiger partial charge in [0.1, 0.15) is 5.82 Å². The first-order chi connectivity index (χ1) is 15.6. The summed E-state index contributed by atoms with van der Waals surface area (Å²) in [4.78, 5) is 19.3. The van der Waals surface area contributed by atoms with Crippen LogP contribution in [0.3, 0.4) is 0 Å². The third-order valence-electron chi connectivity index (χ3n) is 5.61. The summed E-state index contributed by atoms with van der Waals surface area (Å²) in [6, 6.07) is 12.3. The minimum atomic E-state index is -0.251. The van der Waals surface area contributed by atoms with E-state index in [1.54, 1.807) is 23.1 Å². The molecule has 0 bridgehead atoms. The van der Waals surface area contributed by atoms with Crippen LogP contribution in [-0.2, 0) is 0 Å². The Labute approximate surface area is 190 Å². The van der Waals surface area contributed by atoms with Gasteiger partial charge in [0.05, 0.1) is 33.9 Å². The zero-order chi connectivity index (χ0) is 22.1. The van der Waals surface area contributed by atoms with Crippen molar-refractivity contribution in [1.82, 2.24) is 24.6 Å². The number of thiazole rings is 1. The minimum Gasteiger partial charge on any atom is -0.358 e. The molecule has 1 N–H and O–H groups in total. The lowest BCUT2D eigenvalue weighted by molar-refractivity contribution is 0.0887. The quantitative estimate of drug-likeness (QED) is 0.415. The predicted octanol–water partition coefficient (Wildman–Crippen LogP) is 4.71. The Bertz CT molecular complexity index is 1250. The van der Waals surface area contributed by atoms with Crippen molar-refractivity contribution in [3.63, 3.8) is 0 Å². The third-order valence-corrected chi connectivity index (χ3v) is 8.17. The molecule has 1 aliphatic carbocycles. The molecule has 0 saturated heterocycles. The Morgan fingerprint density at radius 2 is 2.03 bits per heavy atom. The largest absolute Gasteiger partial charge is 0.358 e. The zero-order valence-corrected chi connectivity index (χ0v) is 19.2. The van der Waals surface area contributed by atoms with Crippen molar-refractivity contribution in [2.45, 2.75) is 31.0 Å². The molecule has 1 fully saturated rings. The highest BCUT2D eigenvalue weighted by atomic mass is 32.1. The van der Waals surface area contributed by atoms with Gasteiger partial charge in [0.2, 0.25) is 0 Å². The number of nitrogens with one attached hydrogen (secondary N) is 1. The van der Waals surface area contributed by atoms with Gasteiger partial charge in [-0.05, 0) is 51.9 Å². The summed E-state index contributed by atoms with van der Waals surface area (Å²) in [5, 5.41) is 12.7. The van der Waals surface area contributed by atoms with Crippen LogP contribution in [0.2, 0.25) is 0 Å². The van der Waals surface area contributed by atoms with Crippen LogP contribution in [0.5, 0.6) is 0 Å². The number of halogens is 1. The van der Waals surface area contributed by atoms with Crippen LogP contribution >= 0.6 is 20.1 Å². The van der Waals surface area contributed by atoms with Gasteiger partial charge < -0.3 is 9.99 Å². The topological polar surface area (TPSA) is 75.9 Å². The van der Waals surface area contributed by atoms with E-state index in [0.717, 1.165) is 34.6 Å². The normalized spacial score (nSPS) is 18.6. The van der Waals surface area contributed by atoms with Crippen LogP contribution in [-0.4, -0.2) is 49.3 Å². The van der Waals surface area contributed by atoms with Gasteiger partial charge in [-0.3, -0.25) is 4.79 Å². The monoisotopic (exact) mass is 468 g/mol. The summed E-state index contributed by atoms with van der Waals surface area (Å²) >= 11 is 1.47. The number of aromatic nitrogens is 4. The van der Waals surface area contributed by atoms with Crippen LogP contribution < -0.4 is 5.32 Å². The molecular formula is C22H22FN6OPS. The molecule has 4 aromatic rings. The van der Waals surface area contributed by atoms with Gasteiger partial charge in [-0.15, -0.1) is 0 Å². The number of anilines is 1. The fourth-order valence-corrected chi connectivity index (χ4v) is 6.51. The second-order valence-corrected chi connectivity index (χ2v) is 10.4. The second-order valence-electron chi connectivity index (χ2n) is 7.75. The number of nitrogens with zero attached hydrogens (tertiary/aromatic N) is 5. The van der Waals surface area contributed by atoms with Crippen molar-refractivity contribution in [2.24, 2.45) is 0 Å². The molecule has 32 heavy (non-hydrogen) atoms. The van der Waals surface area contributed by atoms with Crippen molar-refractivity contribution in [1.29, 1.82) is 0 Å². The highest BCUT2D eigenvalue weighted by Gasteiger charge is 2.31. The SMILES string of the molecule is CN(P[C@H]1CCC[C@@H]1Nc1nc2ccc(F)cc2s1)C(=O)c1ccccc1-n1nccn1. The van der Waals surface area contributed by atoms with Crippen LogP contribution in [0.25, 0.3) is 15.9 Å². The Kier molecular flexibility index (Phi) is 5.85. The number of fused-ring (bicyclic) bond motifs is 1. The van der Waals surface area contributed by atoms with Gasteiger partial charge in [0.25, 0.3) is 5.91 Å². The molecule has 2 heterocycles. The number of rotatable bonds is 6. The van der Waals surface area contributed by atoms with Gasteiger partial charge in [-0.2, -0.15) is 15.0 Å². The summed E-state index contributed by atoms with van der Waals surface area (Å²) in [6.45, 7) is 0. The summed E-state index contributed by atoms with van der Waals surface area (Å²) in [6.07, 6.45) is 6.37. The molecule has 5 rings (SSSR count). The first-order valence-corrected chi connectivity index (χ1v) is 12.2. The summed E-state index contributed by atoms with van der Waals surface area (Å²) < 4.78 is 16.1. The average molecular weight is 468 g/mol. The van der Waals surface area contributed by atoms with E-state index in [1.807, 2.05) is 31.3 Å². The first-order valence-electron chi connectivity index (χ1n) is 10.4. The molecule has 1 unspecified atom stereocenters. The average Bonchev–Trinajstić information content (AvgIpc) is 3.55. The predicted molar refractivity (Wildman–Crippen MR) is 126 cm³/mol. The maximum Gasteiger partial charge on any atom is 0.258 e. The Balaban J connectivity index is 1.29. The van der Waals surface area contributed by atoms with Gasteiger partial charge in [0, 0.05) is 18.7 Å². The van der Waals surface area contributed by atoms with Crippen LogP contribution in [0.1, 0.15) is 29.6 Å². The van der Waals surface area contributed by atoms with E-state index in [9.17, 15) is 9.18 Å². The van der Waals surface area contributed by atoms with Crippen molar-refractivity contribution in [3.05, 3.63) is 66.2 Å². The number of para-hydroxylation sites is 1. The molecule has 0 spiro atoms. The highest BCUT2D eigenvalue weighted by Crippen LogP contribution is 2.39. The number of benzene rings is 2. The second kappa shape index (κ2) is 8.92. The lowest BCUT2D eigenvalue weighted by atomic mass is 10.1. The lowest BCUT2D eigenvalue weighted by Crippen LogP contribution is -2.30. The molecule has 0 radical (unpaired) electrons. The summed E-state index contributed by atoms with van der Waals surface area (Å²) in [7, 11) is 2.19. The Morgan fingerprint density at radius 3 is 2.88 bits per heavy atom. The zero-order valence-electron chi connectivity index (χ0n) is 17.4. The van der Waals surface area contributed by atoms with E-state index in [2.05, 4.69) is 20.5 Å². The molecule has 164 valence electrons. The molecule has 3 atom stereocenters. The minimum absolute atomic E-state index is 0.0441. The van der Waals surface area contributed by atoms with E-state index in [1.165, 1.54) is 28.3 Å². The molecule has 7 nitrogen and oxygen atoms in total. The highest BCUT2D eigenvalue weighted by molar-refractivity contribution is 7.37. The van der Waals surface area contributed by atoms with Crippen LogP contribution in [0.4, 0.5) is 9.52 Å². The number of carbonyl (C=O) groups is 1. The van der Waals surface area contributed by atoms with Crippen molar-refractivity contribution >= 4 is 41.3 Å². The van der Waals surface area contributed by atoms with E-state index in [-0.39, 0.29) is 17.8 Å². The molecule has 0 aliphatic heterocycles. The smallest absolute Gasteiger partial charge is 0.258 e.